The van der Waals surface area contributed by atoms with E-state index < -0.39 is 127 Å². The number of nitrogens with one attached hydrogen (secondary N) is 2. The Morgan fingerprint density at radius 1 is 0.721 bits per heavy atom. The van der Waals surface area contributed by atoms with Gasteiger partial charge in [-0.1, -0.05) is 0 Å². The first kappa shape index (κ1) is 35.8. The Kier molecular flexibility index (Phi) is 12.2. The normalized spacial score (nSPS) is 44.0. The molecule has 0 aromatic carbocycles. The molecular formula is C22H38N2O18S. The molecule has 0 aromatic rings. The van der Waals surface area contributed by atoms with Crippen LogP contribution < -0.4 is 10.6 Å². The molecule has 10 N–H and O–H groups in total. The van der Waals surface area contributed by atoms with Crippen molar-refractivity contribution in [2.24, 2.45) is 0 Å². The first-order valence-electron chi connectivity index (χ1n) is 13.1. The number of aliphatic hydroxyl groups is 7. The van der Waals surface area contributed by atoms with Gasteiger partial charge in [-0.3, -0.25) is 14.1 Å². The number of hydrogen-bond donors (Lipinski definition) is 10. The van der Waals surface area contributed by atoms with Gasteiger partial charge in [0, 0.05) is 13.8 Å². The van der Waals surface area contributed by atoms with Gasteiger partial charge in [0.2, 0.25) is 11.8 Å². The van der Waals surface area contributed by atoms with Crippen molar-refractivity contribution in [2.75, 3.05) is 13.2 Å². The third-order valence-corrected chi connectivity index (χ3v) is 7.53. The topological polar surface area (TPSA) is 310 Å². The van der Waals surface area contributed by atoms with Crippen LogP contribution in [-0.4, -0.2) is 166 Å². The number of aliphatic hydroxyl groups excluding tert-OH is 7. The molecule has 3 rings (SSSR count). The van der Waals surface area contributed by atoms with Crippen LogP contribution in [-0.2, 0) is 47.9 Å². The number of hydrogen-bond acceptors (Lipinski definition) is 17. The smallest absolute Gasteiger partial charge is 0.394 e. The monoisotopic (exact) mass is 650 g/mol. The Balaban J connectivity index is 2.05. The van der Waals surface area contributed by atoms with Crippen molar-refractivity contribution in [3.8, 4) is 0 Å². The van der Waals surface area contributed by atoms with E-state index in [9.17, 15) is 58.3 Å². The molecule has 250 valence electrons. The zero-order chi connectivity index (χ0) is 32.4. The Morgan fingerprint density at radius 3 is 1.81 bits per heavy atom. The average molecular weight is 651 g/mol. The van der Waals surface area contributed by atoms with Gasteiger partial charge in [0.05, 0.1) is 19.3 Å². The van der Waals surface area contributed by atoms with E-state index >= 15 is 0 Å². The maximum Gasteiger partial charge on any atom is 0.397 e. The number of rotatable bonds is 10. The van der Waals surface area contributed by atoms with Crippen LogP contribution in [0.4, 0.5) is 0 Å². The molecule has 0 aromatic heterocycles. The predicted octanol–water partition coefficient (Wildman–Crippen LogP) is -6.43. The molecule has 0 unspecified atom stereocenters. The maximum atomic E-state index is 12.0. The summed E-state index contributed by atoms with van der Waals surface area (Å²) in [4.78, 5) is 24.0. The quantitative estimate of drug-likeness (QED) is 0.0983. The molecule has 3 heterocycles. The SMILES string of the molecule is CC(=O)N[C@@H]1[C@@H](O[C@@H]2O[C@@H](C)[C@@H](O)[C@@H](O)[C@@H]2O)[C@H](O[C@@H]2O[C@H](CO)[C@H](O)[C@H](OS(=O)(=O)O)[C@H]2NC(C)=O)[C@@H](CO)O[C@H]1O. The maximum absolute atomic E-state index is 12.0. The van der Waals surface area contributed by atoms with E-state index in [0.717, 1.165) is 13.8 Å². The standard InChI is InChI=1S/C22H38N2O18S/c1-6-13(29)15(31)16(32)22(37-6)41-19-11(23-7(2)27)20(33)38-10(5-26)17(19)40-21-12(24-8(3)28)18(42-43(34,35)36)14(30)9(4-25)39-21/h6,9-22,25-26,29-33H,4-5H2,1-3H3,(H,23,27)(H,24,28)(H,34,35,36)/t6-,9+,10+,11+,12+,13+,14-,15+,16-,17+,18+,19+,20+,21-,22-/m0/s1. The van der Waals surface area contributed by atoms with Gasteiger partial charge >= 0.3 is 10.4 Å². The molecule has 0 bridgehead atoms. The molecule has 3 fully saturated rings. The summed E-state index contributed by atoms with van der Waals surface area (Å²) in [5, 5.41) is 76.6. The highest BCUT2D eigenvalue weighted by Gasteiger charge is 2.55. The molecule has 0 aliphatic carbocycles. The second-order valence-electron chi connectivity index (χ2n) is 10.3. The minimum atomic E-state index is -5.27. The fourth-order valence-electron chi connectivity index (χ4n) is 5.04. The Bertz CT molecular complexity index is 1070. The highest BCUT2D eigenvalue weighted by atomic mass is 32.3. The van der Waals surface area contributed by atoms with E-state index in [0.29, 0.717) is 0 Å². The van der Waals surface area contributed by atoms with Crippen molar-refractivity contribution < 1.29 is 86.2 Å². The molecule has 3 aliphatic heterocycles. The lowest BCUT2D eigenvalue weighted by molar-refractivity contribution is -0.361. The number of carbonyl (C=O) groups is 2. The lowest BCUT2D eigenvalue weighted by atomic mass is 9.94. The zero-order valence-electron chi connectivity index (χ0n) is 23.1. The first-order chi connectivity index (χ1) is 20.0. The minimum absolute atomic E-state index is 0.716. The van der Waals surface area contributed by atoms with Crippen molar-refractivity contribution in [1.29, 1.82) is 0 Å². The summed E-state index contributed by atoms with van der Waals surface area (Å²) in [5.41, 5.74) is 0. The van der Waals surface area contributed by atoms with E-state index in [4.69, 9.17) is 23.7 Å². The summed E-state index contributed by atoms with van der Waals surface area (Å²) in [6, 6.07) is -3.27. The van der Waals surface area contributed by atoms with Gasteiger partial charge in [0.25, 0.3) is 0 Å². The molecule has 3 aliphatic rings. The first-order valence-corrected chi connectivity index (χ1v) is 14.4. The van der Waals surface area contributed by atoms with Gasteiger partial charge in [-0.2, -0.15) is 8.42 Å². The van der Waals surface area contributed by atoms with Crippen LogP contribution in [0.2, 0.25) is 0 Å². The molecule has 20 nitrogen and oxygen atoms in total. The Hall–Kier alpha value is -1.67. The van der Waals surface area contributed by atoms with Gasteiger partial charge in [-0.15, -0.1) is 0 Å². The fraction of sp³-hybridized carbons (Fsp3) is 0.909. The van der Waals surface area contributed by atoms with Crippen molar-refractivity contribution >= 4 is 22.2 Å². The second kappa shape index (κ2) is 14.6. The number of carbonyl (C=O) groups excluding carboxylic acids is 2. The van der Waals surface area contributed by atoms with Crippen LogP contribution >= 0.6 is 0 Å². The lowest BCUT2D eigenvalue weighted by Gasteiger charge is -2.50. The third-order valence-electron chi connectivity index (χ3n) is 7.06. The van der Waals surface area contributed by atoms with Crippen LogP contribution in [0, 0.1) is 0 Å². The molecule has 2 amide bonds. The lowest BCUT2D eigenvalue weighted by Crippen LogP contribution is -2.70. The average Bonchev–Trinajstić information content (AvgIpc) is 2.91. The van der Waals surface area contributed by atoms with Gasteiger partial charge in [0.1, 0.15) is 67.0 Å². The van der Waals surface area contributed by atoms with Crippen LogP contribution in [0.3, 0.4) is 0 Å². The number of amides is 2. The molecule has 0 spiro atoms. The predicted molar refractivity (Wildman–Crippen MR) is 133 cm³/mol. The summed E-state index contributed by atoms with van der Waals surface area (Å²) < 4.78 is 65.3. The van der Waals surface area contributed by atoms with E-state index in [-0.39, 0.29) is 0 Å². The largest absolute Gasteiger partial charge is 0.397 e. The Labute approximate surface area is 245 Å². The summed E-state index contributed by atoms with van der Waals surface area (Å²) in [5.74, 6) is -1.54. The summed E-state index contributed by atoms with van der Waals surface area (Å²) in [6.45, 7) is 1.60. The Morgan fingerprint density at radius 2 is 1.28 bits per heavy atom. The van der Waals surface area contributed by atoms with Crippen molar-refractivity contribution in [3.05, 3.63) is 0 Å². The van der Waals surface area contributed by atoms with Crippen molar-refractivity contribution in [2.45, 2.75) is 113 Å². The second-order valence-corrected chi connectivity index (χ2v) is 11.3. The van der Waals surface area contributed by atoms with E-state index in [1.807, 2.05) is 0 Å². The van der Waals surface area contributed by atoms with Crippen LogP contribution in [0.15, 0.2) is 0 Å². The molecule has 0 saturated carbocycles. The van der Waals surface area contributed by atoms with Crippen molar-refractivity contribution in [3.63, 3.8) is 0 Å². The zero-order valence-corrected chi connectivity index (χ0v) is 24.0. The van der Waals surface area contributed by atoms with Crippen LogP contribution in [0.25, 0.3) is 0 Å². The highest BCUT2D eigenvalue weighted by molar-refractivity contribution is 7.80. The summed E-state index contributed by atoms with van der Waals surface area (Å²) in [7, 11) is -5.27. The summed E-state index contributed by atoms with van der Waals surface area (Å²) >= 11 is 0. The van der Waals surface area contributed by atoms with Crippen molar-refractivity contribution in [1.82, 2.24) is 10.6 Å². The molecule has 43 heavy (non-hydrogen) atoms. The fourth-order valence-corrected chi connectivity index (χ4v) is 5.56. The van der Waals surface area contributed by atoms with Crippen LogP contribution in [0.1, 0.15) is 20.8 Å². The molecule has 15 atom stereocenters. The van der Waals surface area contributed by atoms with Crippen LogP contribution in [0.5, 0.6) is 0 Å². The van der Waals surface area contributed by atoms with E-state index in [1.54, 1.807) is 0 Å². The number of ether oxygens (including phenoxy) is 5. The molecule has 3 saturated heterocycles. The molecule has 21 heteroatoms. The van der Waals surface area contributed by atoms with Gasteiger partial charge in [0.15, 0.2) is 18.9 Å². The summed E-state index contributed by atoms with van der Waals surface area (Å²) in [6.07, 6.45) is -22.2. The van der Waals surface area contributed by atoms with Gasteiger partial charge in [-0.05, 0) is 6.92 Å². The minimum Gasteiger partial charge on any atom is -0.394 e. The molecular weight excluding hydrogens is 612 g/mol. The molecule has 0 radical (unpaired) electrons. The highest BCUT2D eigenvalue weighted by Crippen LogP contribution is 2.33. The van der Waals surface area contributed by atoms with Gasteiger partial charge in [-0.25, -0.2) is 4.18 Å². The third kappa shape index (κ3) is 8.53. The van der Waals surface area contributed by atoms with Gasteiger partial charge < -0.3 is 70.1 Å². The van der Waals surface area contributed by atoms with E-state index in [2.05, 4.69) is 14.8 Å². The van der Waals surface area contributed by atoms with E-state index in [1.165, 1.54) is 6.92 Å².